The first-order valence-corrected chi connectivity index (χ1v) is 9.20. The van der Waals surface area contributed by atoms with E-state index in [1.165, 1.54) is 30.7 Å². The average Bonchev–Trinajstić information content (AvgIpc) is 2.95. The van der Waals surface area contributed by atoms with E-state index in [-0.39, 0.29) is 11.7 Å². The fraction of sp³-hybridized carbons (Fsp3) is 0.100. The van der Waals surface area contributed by atoms with Crippen molar-refractivity contribution in [1.82, 2.24) is 0 Å². The summed E-state index contributed by atoms with van der Waals surface area (Å²) in [5.74, 6) is -0.679. The molecule has 0 atom stereocenters. The van der Waals surface area contributed by atoms with E-state index in [0.29, 0.717) is 26.0 Å². The molecule has 2 aromatic rings. The van der Waals surface area contributed by atoms with Crippen LogP contribution in [0.2, 0.25) is 0 Å². The van der Waals surface area contributed by atoms with Crippen molar-refractivity contribution in [2.75, 3.05) is 12.0 Å². The Bertz CT molecular complexity index is 962. The van der Waals surface area contributed by atoms with Crippen LogP contribution in [-0.2, 0) is 9.53 Å². The van der Waals surface area contributed by atoms with Crippen LogP contribution in [0, 0.1) is 0 Å². The molecule has 0 unspecified atom stereocenters. The Balaban J connectivity index is 1.84. The van der Waals surface area contributed by atoms with Crippen LogP contribution in [0.25, 0.3) is 6.08 Å². The second kappa shape index (κ2) is 7.85. The van der Waals surface area contributed by atoms with Gasteiger partial charge in [-0.3, -0.25) is 14.5 Å². The van der Waals surface area contributed by atoms with Crippen LogP contribution in [0.3, 0.4) is 0 Å². The molecule has 2 aromatic carbocycles. The molecule has 1 aliphatic heterocycles. The van der Waals surface area contributed by atoms with Gasteiger partial charge in [-0.15, -0.1) is 0 Å². The highest BCUT2D eigenvalue weighted by Crippen LogP contribution is 2.36. The van der Waals surface area contributed by atoms with Crippen molar-refractivity contribution in [3.8, 4) is 0 Å². The van der Waals surface area contributed by atoms with Crippen molar-refractivity contribution in [3.63, 3.8) is 0 Å². The fourth-order valence-corrected chi connectivity index (χ4v) is 3.82. The van der Waals surface area contributed by atoms with Gasteiger partial charge in [-0.05, 0) is 55.0 Å². The third-order valence-corrected chi connectivity index (χ3v) is 5.26. The molecule has 0 aliphatic carbocycles. The second-order valence-corrected chi connectivity index (χ2v) is 7.41. The largest absolute Gasteiger partial charge is 0.465 e. The molecule has 27 heavy (non-hydrogen) atoms. The molecule has 0 aromatic heterocycles. The Hall–Kier alpha value is -2.77. The van der Waals surface area contributed by atoms with Crippen molar-refractivity contribution in [1.29, 1.82) is 0 Å². The van der Waals surface area contributed by atoms with Gasteiger partial charge in [0.1, 0.15) is 0 Å². The van der Waals surface area contributed by atoms with Gasteiger partial charge in [0.05, 0.1) is 23.3 Å². The van der Waals surface area contributed by atoms with Gasteiger partial charge in [-0.25, -0.2) is 4.79 Å². The van der Waals surface area contributed by atoms with Gasteiger partial charge in [-0.2, -0.15) is 0 Å². The van der Waals surface area contributed by atoms with Crippen LogP contribution in [0.4, 0.5) is 5.69 Å². The molecule has 0 bridgehead atoms. The number of hydrogen-bond donors (Lipinski definition) is 0. The number of benzene rings is 2. The quantitative estimate of drug-likeness (QED) is 0.335. The highest BCUT2D eigenvalue weighted by Gasteiger charge is 2.33. The van der Waals surface area contributed by atoms with Crippen LogP contribution in [0.5, 0.6) is 0 Å². The molecule has 136 valence electrons. The normalized spacial score (nSPS) is 15.3. The first-order chi connectivity index (χ1) is 12.9. The number of carbonyl (C=O) groups is 3. The van der Waals surface area contributed by atoms with Crippen LogP contribution in [-0.4, -0.2) is 29.1 Å². The minimum absolute atomic E-state index is 0.0396. The number of amides is 1. The lowest BCUT2D eigenvalue weighted by Gasteiger charge is -2.14. The number of esters is 1. The molecular formula is C20H15NO4S2. The summed E-state index contributed by atoms with van der Waals surface area (Å²) < 4.78 is 5.09. The molecule has 1 fully saturated rings. The predicted molar refractivity (Wildman–Crippen MR) is 110 cm³/mol. The SMILES string of the molecule is COC(=O)c1ccc(/C=C2/SC(=S)N(c3ccc(C(C)=O)cc3)C2=O)cc1. The molecule has 0 N–H and O–H groups in total. The van der Waals surface area contributed by atoms with Crippen molar-refractivity contribution in [2.45, 2.75) is 6.92 Å². The van der Waals surface area contributed by atoms with Crippen molar-refractivity contribution < 1.29 is 19.1 Å². The molecule has 0 spiro atoms. The molecule has 1 saturated heterocycles. The van der Waals surface area contributed by atoms with Gasteiger partial charge in [0.25, 0.3) is 5.91 Å². The van der Waals surface area contributed by atoms with Gasteiger partial charge in [-0.1, -0.05) is 36.1 Å². The van der Waals surface area contributed by atoms with Crippen LogP contribution < -0.4 is 4.90 Å². The van der Waals surface area contributed by atoms with Gasteiger partial charge in [0.2, 0.25) is 0 Å². The number of carbonyl (C=O) groups excluding carboxylic acids is 3. The zero-order valence-electron chi connectivity index (χ0n) is 14.6. The van der Waals surface area contributed by atoms with Crippen molar-refractivity contribution in [3.05, 3.63) is 70.1 Å². The number of hydrogen-bond acceptors (Lipinski definition) is 6. The lowest BCUT2D eigenvalue weighted by molar-refractivity contribution is -0.113. The first kappa shape index (κ1) is 19.0. The van der Waals surface area contributed by atoms with Gasteiger partial charge < -0.3 is 4.74 Å². The minimum atomic E-state index is -0.415. The highest BCUT2D eigenvalue weighted by molar-refractivity contribution is 8.27. The standard InChI is InChI=1S/C20H15NO4S2/c1-12(22)14-7-9-16(10-8-14)21-18(23)17(27-20(21)26)11-13-3-5-15(6-4-13)19(24)25-2/h3-11H,1-2H3/b17-11+. The van der Waals surface area contributed by atoms with E-state index < -0.39 is 5.97 Å². The molecular weight excluding hydrogens is 382 g/mol. The molecule has 5 nitrogen and oxygen atoms in total. The fourth-order valence-electron chi connectivity index (χ4n) is 2.52. The van der Waals surface area contributed by atoms with E-state index in [2.05, 4.69) is 4.74 Å². The van der Waals surface area contributed by atoms with Crippen molar-refractivity contribution in [2.24, 2.45) is 0 Å². The molecule has 3 rings (SSSR count). The summed E-state index contributed by atoms with van der Waals surface area (Å²) in [6, 6.07) is 13.5. The number of anilines is 1. The predicted octanol–water partition coefficient (Wildman–Crippen LogP) is 4.08. The van der Waals surface area contributed by atoms with E-state index in [4.69, 9.17) is 12.2 Å². The summed E-state index contributed by atoms with van der Waals surface area (Å²) in [5.41, 5.74) is 2.40. The van der Waals surface area contributed by atoms with Crippen LogP contribution in [0.1, 0.15) is 33.2 Å². The Morgan fingerprint density at radius 3 is 2.19 bits per heavy atom. The number of ether oxygens (including phenoxy) is 1. The molecule has 0 saturated carbocycles. The maximum atomic E-state index is 12.8. The number of nitrogens with zero attached hydrogens (tertiary/aromatic N) is 1. The smallest absolute Gasteiger partial charge is 0.337 e. The average molecular weight is 397 g/mol. The summed E-state index contributed by atoms with van der Waals surface area (Å²) in [7, 11) is 1.32. The lowest BCUT2D eigenvalue weighted by Crippen LogP contribution is -2.27. The summed E-state index contributed by atoms with van der Waals surface area (Å²) in [6.07, 6.45) is 1.73. The van der Waals surface area contributed by atoms with Crippen LogP contribution in [0.15, 0.2) is 53.4 Å². The Kier molecular flexibility index (Phi) is 5.53. The minimum Gasteiger partial charge on any atom is -0.465 e. The summed E-state index contributed by atoms with van der Waals surface area (Å²) in [4.78, 5) is 37.6. The third kappa shape index (κ3) is 3.99. The van der Waals surface area contributed by atoms with Gasteiger partial charge in [0, 0.05) is 5.56 Å². The number of thioether (sulfide) groups is 1. The summed E-state index contributed by atoms with van der Waals surface area (Å²) >= 11 is 6.55. The van der Waals surface area contributed by atoms with Crippen LogP contribution >= 0.6 is 24.0 Å². The molecule has 1 heterocycles. The maximum Gasteiger partial charge on any atom is 0.337 e. The van der Waals surface area contributed by atoms with E-state index >= 15 is 0 Å². The van der Waals surface area contributed by atoms with Gasteiger partial charge >= 0.3 is 5.97 Å². The Labute approximate surface area is 166 Å². The van der Waals surface area contributed by atoms with E-state index in [9.17, 15) is 14.4 Å². The first-order valence-electron chi connectivity index (χ1n) is 7.98. The molecule has 0 radical (unpaired) electrons. The number of ketones is 1. The zero-order chi connectivity index (χ0) is 19.6. The number of rotatable bonds is 4. The number of Topliss-reactive ketones (excluding diaryl/α,β-unsaturated/α-hetero) is 1. The molecule has 1 amide bonds. The topological polar surface area (TPSA) is 63.7 Å². The third-order valence-electron chi connectivity index (χ3n) is 3.96. The second-order valence-electron chi connectivity index (χ2n) is 5.73. The molecule has 7 heteroatoms. The monoisotopic (exact) mass is 397 g/mol. The van der Waals surface area contributed by atoms with E-state index in [1.807, 2.05) is 0 Å². The number of thiocarbonyl (C=S) groups is 1. The summed E-state index contributed by atoms with van der Waals surface area (Å²) in [5, 5.41) is 0. The Morgan fingerprint density at radius 1 is 1.04 bits per heavy atom. The van der Waals surface area contributed by atoms with E-state index in [0.717, 1.165) is 5.56 Å². The van der Waals surface area contributed by atoms with E-state index in [1.54, 1.807) is 54.6 Å². The highest BCUT2D eigenvalue weighted by atomic mass is 32.2. The Morgan fingerprint density at radius 2 is 1.63 bits per heavy atom. The lowest BCUT2D eigenvalue weighted by atomic mass is 10.1. The summed E-state index contributed by atoms with van der Waals surface area (Å²) in [6.45, 7) is 1.49. The number of methoxy groups -OCH3 is 1. The van der Waals surface area contributed by atoms with Crippen molar-refractivity contribution >= 4 is 57.7 Å². The zero-order valence-corrected chi connectivity index (χ0v) is 16.2. The van der Waals surface area contributed by atoms with Gasteiger partial charge in [0.15, 0.2) is 10.1 Å². The molecule has 1 aliphatic rings. The maximum absolute atomic E-state index is 12.8.